The minimum Gasteiger partial charge on any atom is -0.491 e. The molecule has 1 N–H and O–H groups in total. The van der Waals surface area contributed by atoms with Crippen LogP contribution in [0.4, 0.5) is 0 Å². The predicted molar refractivity (Wildman–Crippen MR) is 97.8 cm³/mol. The van der Waals surface area contributed by atoms with E-state index in [1.807, 2.05) is 13.0 Å². The smallest absolute Gasteiger partial charge is 0.262 e. The molecule has 1 aliphatic rings. The van der Waals surface area contributed by atoms with Crippen LogP contribution in [0.1, 0.15) is 44.6 Å². The summed E-state index contributed by atoms with van der Waals surface area (Å²) < 4.78 is 10.8. The summed E-state index contributed by atoms with van der Waals surface area (Å²) in [7, 11) is 1.51. The van der Waals surface area contributed by atoms with E-state index in [4.69, 9.17) is 21.1 Å². The Balaban J connectivity index is 2.23. The largest absolute Gasteiger partial charge is 0.491 e. The van der Waals surface area contributed by atoms with E-state index < -0.39 is 0 Å². The van der Waals surface area contributed by atoms with Gasteiger partial charge in [0.15, 0.2) is 11.5 Å². The highest BCUT2D eigenvalue weighted by atomic mass is 35.5. The summed E-state index contributed by atoms with van der Waals surface area (Å²) in [6, 6.07) is 5.48. The number of halogens is 1. The first-order valence-electron chi connectivity index (χ1n) is 8.52. The van der Waals surface area contributed by atoms with Gasteiger partial charge in [-0.2, -0.15) is 5.26 Å². The van der Waals surface area contributed by atoms with Gasteiger partial charge >= 0.3 is 0 Å². The lowest BCUT2D eigenvalue weighted by Gasteiger charge is -2.22. The molecule has 0 aromatic heterocycles. The number of amides is 1. The van der Waals surface area contributed by atoms with Crippen molar-refractivity contribution in [3.05, 3.63) is 28.3 Å². The van der Waals surface area contributed by atoms with Crippen LogP contribution in [0.2, 0.25) is 5.02 Å². The standard InChI is InChI=1S/C19H23ClN2O3/c1-3-25-17-11-13(10-16(20)18(17)24-2)9-14(12-21)19(23)22-15-7-5-4-6-8-15/h9-11,15H,3-8H2,1-2H3,(H,22,23)/b14-9+. The van der Waals surface area contributed by atoms with E-state index in [0.29, 0.717) is 28.7 Å². The van der Waals surface area contributed by atoms with Crippen LogP contribution < -0.4 is 14.8 Å². The molecular formula is C19H23ClN2O3. The monoisotopic (exact) mass is 362 g/mol. The highest BCUT2D eigenvalue weighted by molar-refractivity contribution is 6.32. The number of nitrogens with zero attached hydrogens (tertiary/aromatic N) is 1. The molecule has 1 aliphatic carbocycles. The fourth-order valence-corrected chi connectivity index (χ4v) is 3.25. The summed E-state index contributed by atoms with van der Waals surface area (Å²) in [6.45, 7) is 2.31. The maximum Gasteiger partial charge on any atom is 0.262 e. The maximum atomic E-state index is 12.4. The fraction of sp³-hybridized carbons (Fsp3) is 0.474. The molecule has 1 aromatic rings. The van der Waals surface area contributed by atoms with Crippen LogP contribution in [0.15, 0.2) is 17.7 Å². The molecule has 1 fully saturated rings. The van der Waals surface area contributed by atoms with E-state index in [-0.39, 0.29) is 17.5 Å². The molecule has 5 nitrogen and oxygen atoms in total. The zero-order chi connectivity index (χ0) is 18.2. The third-order valence-corrected chi connectivity index (χ3v) is 4.43. The second-order valence-electron chi connectivity index (χ2n) is 5.95. The van der Waals surface area contributed by atoms with Gasteiger partial charge in [0.2, 0.25) is 0 Å². The molecule has 0 saturated heterocycles. The number of nitriles is 1. The Kier molecular flexibility index (Phi) is 7.15. The van der Waals surface area contributed by atoms with Crippen molar-refractivity contribution in [3.63, 3.8) is 0 Å². The van der Waals surface area contributed by atoms with Crippen LogP contribution in [0.25, 0.3) is 6.08 Å². The van der Waals surface area contributed by atoms with Crippen molar-refractivity contribution in [1.29, 1.82) is 5.26 Å². The Labute approximate surface area is 153 Å². The Hall–Kier alpha value is -2.19. The minimum absolute atomic E-state index is 0.0502. The van der Waals surface area contributed by atoms with Crippen LogP contribution in [0.5, 0.6) is 11.5 Å². The SMILES string of the molecule is CCOc1cc(/C=C(\C#N)C(=O)NC2CCCCC2)cc(Cl)c1OC. The molecule has 1 saturated carbocycles. The Morgan fingerprint density at radius 3 is 2.72 bits per heavy atom. The molecule has 0 unspecified atom stereocenters. The van der Waals surface area contributed by atoms with Gasteiger partial charge in [-0.05, 0) is 43.5 Å². The number of hydrogen-bond donors (Lipinski definition) is 1. The third kappa shape index (κ3) is 5.14. The van der Waals surface area contributed by atoms with Gasteiger partial charge in [-0.3, -0.25) is 4.79 Å². The van der Waals surface area contributed by atoms with E-state index in [0.717, 1.165) is 25.7 Å². The lowest BCUT2D eigenvalue weighted by molar-refractivity contribution is -0.117. The van der Waals surface area contributed by atoms with Crippen LogP contribution in [-0.2, 0) is 4.79 Å². The molecule has 0 atom stereocenters. The van der Waals surface area contributed by atoms with Crippen molar-refractivity contribution < 1.29 is 14.3 Å². The maximum absolute atomic E-state index is 12.4. The Bertz CT molecular complexity index is 689. The number of rotatable bonds is 6. The Morgan fingerprint density at radius 2 is 2.12 bits per heavy atom. The summed E-state index contributed by atoms with van der Waals surface area (Å²) in [5.74, 6) is 0.568. The van der Waals surface area contributed by atoms with Crippen LogP contribution >= 0.6 is 11.6 Å². The van der Waals surface area contributed by atoms with Crippen LogP contribution in [-0.4, -0.2) is 25.7 Å². The molecule has 0 aliphatic heterocycles. The number of nitrogens with one attached hydrogen (secondary N) is 1. The van der Waals surface area contributed by atoms with Gasteiger partial charge in [0.1, 0.15) is 11.6 Å². The minimum atomic E-state index is -0.348. The van der Waals surface area contributed by atoms with Gasteiger partial charge in [0, 0.05) is 6.04 Å². The van der Waals surface area contributed by atoms with Gasteiger partial charge in [-0.1, -0.05) is 30.9 Å². The van der Waals surface area contributed by atoms with Gasteiger partial charge in [-0.15, -0.1) is 0 Å². The van der Waals surface area contributed by atoms with Gasteiger partial charge in [-0.25, -0.2) is 0 Å². The van der Waals surface area contributed by atoms with E-state index in [2.05, 4.69) is 5.32 Å². The molecule has 2 rings (SSSR count). The first-order valence-corrected chi connectivity index (χ1v) is 8.89. The van der Waals surface area contributed by atoms with E-state index in [1.165, 1.54) is 19.6 Å². The molecule has 0 bridgehead atoms. The summed E-state index contributed by atoms with van der Waals surface area (Å²) in [5.41, 5.74) is 0.666. The Morgan fingerprint density at radius 1 is 1.40 bits per heavy atom. The predicted octanol–water partition coefficient (Wildman–Crippen LogP) is 4.10. The van der Waals surface area contributed by atoms with Gasteiger partial charge in [0.05, 0.1) is 18.7 Å². The summed E-state index contributed by atoms with van der Waals surface area (Å²) in [4.78, 5) is 12.4. The van der Waals surface area contributed by atoms with Gasteiger partial charge < -0.3 is 14.8 Å². The number of benzene rings is 1. The average Bonchev–Trinajstić information content (AvgIpc) is 2.60. The first-order chi connectivity index (χ1) is 12.1. The quantitative estimate of drug-likeness (QED) is 0.610. The number of hydrogen-bond acceptors (Lipinski definition) is 4. The molecule has 0 spiro atoms. The molecule has 25 heavy (non-hydrogen) atoms. The zero-order valence-electron chi connectivity index (χ0n) is 14.6. The number of methoxy groups -OCH3 is 1. The molecular weight excluding hydrogens is 340 g/mol. The highest BCUT2D eigenvalue weighted by Gasteiger charge is 2.18. The lowest BCUT2D eigenvalue weighted by Crippen LogP contribution is -2.36. The van der Waals surface area contributed by atoms with Crippen molar-refractivity contribution in [2.24, 2.45) is 0 Å². The number of carbonyl (C=O) groups excluding carboxylic acids is 1. The van der Waals surface area contributed by atoms with E-state index in [9.17, 15) is 10.1 Å². The second-order valence-corrected chi connectivity index (χ2v) is 6.35. The first kappa shape index (κ1) is 19.1. The zero-order valence-corrected chi connectivity index (χ0v) is 15.4. The summed E-state index contributed by atoms with van der Waals surface area (Å²) >= 11 is 6.21. The van der Waals surface area contributed by atoms with Crippen LogP contribution in [0, 0.1) is 11.3 Å². The van der Waals surface area contributed by atoms with Crippen LogP contribution in [0.3, 0.4) is 0 Å². The summed E-state index contributed by atoms with van der Waals surface area (Å²) in [5, 5.41) is 12.7. The molecule has 0 heterocycles. The van der Waals surface area contributed by atoms with E-state index in [1.54, 1.807) is 12.1 Å². The topological polar surface area (TPSA) is 71.3 Å². The highest BCUT2D eigenvalue weighted by Crippen LogP contribution is 2.36. The number of ether oxygens (including phenoxy) is 2. The van der Waals surface area contributed by atoms with Crippen molar-refractivity contribution in [2.45, 2.75) is 45.1 Å². The molecule has 1 aromatic carbocycles. The number of carbonyl (C=O) groups is 1. The molecule has 0 radical (unpaired) electrons. The fourth-order valence-electron chi connectivity index (χ4n) is 2.96. The van der Waals surface area contributed by atoms with Crippen molar-refractivity contribution in [3.8, 4) is 17.6 Å². The molecule has 1 amide bonds. The summed E-state index contributed by atoms with van der Waals surface area (Å²) in [6.07, 6.45) is 6.88. The van der Waals surface area contributed by atoms with E-state index >= 15 is 0 Å². The van der Waals surface area contributed by atoms with Crippen molar-refractivity contribution in [2.75, 3.05) is 13.7 Å². The molecule has 134 valence electrons. The van der Waals surface area contributed by atoms with Crippen molar-refractivity contribution >= 4 is 23.6 Å². The van der Waals surface area contributed by atoms with Crippen molar-refractivity contribution in [1.82, 2.24) is 5.32 Å². The third-order valence-electron chi connectivity index (χ3n) is 4.15. The molecule has 6 heteroatoms. The van der Waals surface area contributed by atoms with Gasteiger partial charge in [0.25, 0.3) is 5.91 Å². The lowest BCUT2D eigenvalue weighted by atomic mass is 9.95. The normalized spacial score (nSPS) is 15.4. The second kappa shape index (κ2) is 9.33. The average molecular weight is 363 g/mol.